The van der Waals surface area contributed by atoms with Crippen LogP contribution in [0.2, 0.25) is 0 Å². The van der Waals surface area contributed by atoms with Gasteiger partial charge in [0.1, 0.15) is 11.8 Å². The van der Waals surface area contributed by atoms with Crippen LogP contribution in [0.25, 0.3) is 0 Å². The Morgan fingerprint density at radius 1 is 1.00 bits per heavy atom. The number of carbonyl (C=O) groups is 2. The predicted octanol–water partition coefficient (Wildman–Crippen LogP) is 2.47. The van der Waals surface area contributed by atoms with Gasteiger partial charge in [0.15, 0.2) is 0 Å². The van der Waals surface area contributed by atoms with E-state index in [-0.39, 0.29) is 24.4 Å². The van der Waals surface area contributed by atoms with E-state index in [0.717, 1.165) is 11.1 Å². The minimum absolute atomic E-state index is 0.193. The Balaban J connectivity index is 1.46. The summed E-state index contributed by atoms with van der Waals surface area (Å²) in [5, 5.41) is 9.03. The van der Waals surface area contributed by atoms with E-state index in [4.69, 9.17) is 4.42 Å². The van der Waals surface area contributed by atoms with Gasteiger partial charge < -0.3 is 20.4 Å². The van der Waals surface area contributed by atoms with Gasteiger partial charge in [0.05, 0.1) is 18.8 Å². The third kappa shape index (κ3) is 4.55. The highest BCUT2D eigenvalue weighted by molar-refractivity contribution is 5.90. The van der Waals surface area contributed by atoms with E-state index >= 15 is 0 Å². The zero-order chi connectivity index (χ0) is 20.1. The van der Waals surface area contributed by atoms with E-state index in [1.165, 1.54) is 5.56 Å². The average Bonchev–Trinajstić information content (AvgIpc) is 3.29. The molecule has 3 N–H and O–H groups in total. The van der Waals surface area contributed by atoms with Crippen molar-refractivity contribution in [3.05, 3.63) is 95.4 Å². The van der Waals surface area contributed by atoms with Gasteiger partial charge in [-0.1, -0.05) is 54.6 Å². The molecular formula is C23H23N3O3. The zero-order valence-electron chi connectivity index (χ0n) is 15.9. The van der Waals surface area contributed by atoms with Crippen molar-refractivity contribution in [2.45, 2.75) is 31.6 Å². The van der Waals surface area contributed by atoms with Crippen LogP contribution in [0.5, 0.6) is 0 Å². The van der Waals surface area contributed by atoms with Crippen molar-refractivity contribution in [3.63, 3.8) is 0 Å². The van der Waals surface area contributed by atoms with Crippen LogP contribution in [-0.2, 0) is 29.1 Å². The Bertz CT molecular complexity index is 970. The highest BCUT2D eigenvalue weighted by atomic mass is 16.3. The van der Waals surface area contributed by atoms with Crippen molar-refractivity contribution < 1.29 is 14.0 Å². The Hall–Kier alpha value is -3.38. The SMILES string of the molecule is O=C(N[C@@H](C(=O)NCc1ccco1)c1ccccc1)[C@@H]1Cc2ccccc2CN1. The predicted molar refractivity (Wildman–Crippen MR) is 109 cm³/mol. The highest BCUT2D eigenvalue weighted by Gasteiger charge is 2.29. The van der Waals surface area contributed by atoms with Crippen LogP contribution in [0.3, 0.4) is 0 Å². The molecule has 1 aromatic heterocycles. The maximum Gasteiger partial charge on any atom is 0.247 e. The van der Waals surface area contributed by atoms with Crippen molar-refractivity contribution in [1.82, 2.24) is 16.0 Å². The Labute approximate surface area is 169 Å². The van der Waals surface area contributed by atoms with Crippen molar-refractivity contribution in [2.75, 3.05) is 0 Å². The number of fused-ring (bicyclic) bond motifs is 1. The van der Waals surface area contributed by atoms with Gasteiger partial charge in [0.2, 0.25) is 11.8 Å². The molecule has 1 aliphatic heterocycles. The maximum atomic E-state index is 13.0. The number of hydrogen-bond acceptors (Lipinski definition) is 4. The lowest BCUT2D eigenvalue weighted by Crippen LogP contribution is -2.50. The lowest BCUT2D eigenvalue weighted by atomic mass is 9.95. The average molecular weight is 389 g/mol. The van der Waals surface area contributed by atoms with Crippen LogP contribution in [-0.4, -0.2) is 17.9 Å². The molecule has 0 unspecified atom stereocenters. The molecule has 0 bridgehead atoms. The first-order valence-corrected chi connectivity index (χ1v) is 9.66. The van der Waals surface area contributed by atoms with E-state index in [2.05, 4.69) is 22.0 Å². The minimum atomic E-state index is -0.780. The lowest BCUT2D eigenvalue weighted by Gasteiger charge is -2.27. The second kappa shape index (κ2) is 8.75. The van der Waals surface area contributed by atoms with Gasteiger partial charge in [0, 0.05) is 6.54 Å². The third-order valence-electron chi connectivity index (χ3n) is 5.10. The van der Waals surface area contributed by atoms with E-state index < -0.39 is 6.04 Å². The molecule has 0 saturated heterocycles. The lowest BCUT2D eigenvalue weighted by molar-refractivity contribution is -0.130. The summed E-state index contributed by atoms with van der Waals surface area (Å²) in [6, 6.07) is 19.7. The number of hydrogen-bond donors (Lipinski definition) is 3. The van der Waals surface area contributed by atoms with Gasteiger partial charge in [-0.05, 0) is 35.2 Å². The number of amides is 2. The summed E-state index contributed by atoms with van der Waals surface area (Å²) < 4.78 is 5.27. The molecule has 2 atom stereocenters. The molecule has 0 saturated carbocycles. The van der Waals surface area contributed by atoms with E-state index in [9.17, 15) is 9.59 Å². The van der Waals surface area contributed by atoms with E-state index in [1.54, 1.807) is 18.4 Å². The fourth-order valence-corrected chi connectivity index (χ4v) is 3.52. The first kappa shape index (κ1) is 19.0. The van der Waals surface area contributed by atoms with Crippen LogP contribution in [0.4, 0.5) is 0 Å². The second-order valence-corrected chi connectivity index (χ2v) is 7.06. The molecule has 3 aromatic rings. The first-order valence-electron chi connectivity index (χ1n) is 9.66. The smallest absolute Gasteiger partial charge is 0.247 e. The van der Waals surface area contributed by atoms with Crippen LogP contribution in [0.15, 0.2) is 77.4 Å². The fourth-order valence-electron chi connectivity index (χ4n) is 3.52. The summed E-state index contributed by atoms with van der Waals surface area (Å²) in [5.41, 5.74) is 3.09. The Kier molecular flexibility index (Phi) is 5.72. The van der Waals surface area contributed by atoms with Crippen molar-refractivity contribution in [2.24, 2.45) is 0 Å². The quantitative estimate of drug-likeness (QED) is 0.605. The standard InChI is InChI=1S/C23H23N3O3/c27-22(20-13-17-9-4-5-10-18(17)14-24-20)26-21(16-7-2-1-3-8-16)23(28)25-15-19-11-6-12-29-19/h1-12,20-21,24H,13-15H2,(H,25,28)(H,26,27)/t20-,21+/m0/s1. The van der Waals surface area contributed by atoms with Gasteiger partial charge in [-0.3, -0.25) is 9.59 Å². The highest BCUT2D eigenvalue weighted by Crippen LogP contribution is 2.18. The number of nitrogens with one attached hydrogen (secondary N) is 3. The largest absolute Gasteiger partial charge is 0.467 e. The zero-order valence-corrected chi connectivity index (χ0v) is 15.9. The van der Waals surface area contributed by atoms with Crippen LogP contribution in [0, 0.1) is 0 Å². The normalized spacial score (nSPS) is 16.5. The van der Waals surface area contributed by atoms with Gasteiger partial charge >= 0.3 is 0 Å². The summed E-state index contributed by atoms with van der Waals surface area (Å²) in [5.74, 6) is 0.181. The summed E-state index contributed by atoms with van der Waals surface area (Å²) in [4.78, 5) is 25.8. The summed E-state index contributed by atoms with van der Waals surface area (Å²) in [6.07, 6.45) is 2.15. The summed E-state index contributed by atoms with van der Waals surface area (Å²) in [6.45, 7) is 0.898. The van der Waals surface area contributed by atoms with Gasteiger partial charge in [-0.2, -0.15) is 0 Å². The molecule has 2 heterocycles. The Morgan fingerprint density at radius 3 is 2.52 bits per heavy atom. The first-order chi connectivity index (χ1) is 14.2. The van der Waals surface area contributed by atoms with Crippen molar-refractivity contribution in [1.29, 1.82) is 0 Å². The molecule has 2 amide bonds. The second-order valence-electron chi connectivity index (χ2n) is 7.06. The molecule has 0 aliphatic carbocycles. The molecule has 6 nitrogen and oxygen atoms in total. The minimum Gasteiger partial charge on any atom is -0.467 e. The molecule has 29 heavy (non-hydrogen) atoms. The van der Waals surface area contributed by atoms with Crippen molar-refractivity contribution in [3.8, 4) is 0 Å². The molecule has 148 valence electrons. The fraction of sp³-hybridized carbons (Fsp3) is 0.217. The summed E-state index contributed by atoms with van der Waals surface area (Å²) in [7, 11) is 0. The maximum absolute atomic E-state index is 13.0. The van der Waals surface area contributed by atoms with Crippen molar-refractivity contribution >= 4 is 11.8 Å². The third-order valence-corrected chi connectivity index (χ3v) is 5.10. The molecule has 0 fully saturated rings. The molecule has 6 heteroatoms. The van der Waals surface area contributed by atoms with Crippen LogP contribution < -0.4 is 16.0 Å². The monoisotopic (exact) mass is 389 g/mol. The number of carbonyl (C=O) groups excluding carboxylic acids is 2. The van der Waals surface area contributed by atoms with Crippen LogP contribution in [0.1, 0.15) is 28.5 Å². The summed E-state index contributed by atoms with van der Waals surface area (Å²) >= 11 is 0. The molecule has 4 rings (SSSR count). The molecule has 0 spiro atoms. The molecule has 2 aromatic carbocycles. The van der Waals surface area contributed by atoms with Gasteiger partial charge in [0.25, 0.3) is 0 Å². The number of furan rings is 1. The number of rotatable bonds is 6. The molecular weight excluding hydrogens is 366 g/mol. The van der Waals surface area contributed by atoms with Crippen LogP contribution >= 0.6 is 0 Å². The van der Waals surface area contributed by atoms with E-state index in [0.29, 0.717) is 18.7 Å². The topological polar surface area (TPSA) is 83.4 Å². The van der Waals surface area contributed by atoms with E-state index in [1.807, 2.05) is 48.5 Å². The van der Waals surface area contributed by atoms with Gasteiger partial charge in [-0.25, -0.2) is 0 Å². The Morgan fingerprint density at radius 2 is 1.76 bits per heavy atom. The number of benzene rings is 2. The molecule has 1 aliphatic rings. The van der Waals surface area contributed by atoms with Gasteiger partial charge in [-0.15, -0.1) is 0 Å². The molecule has 0 radical (unpaired) electrons.